The summed E-state index contributed by atoms with van der Waals surface area (Å²) in [6.45, 7) is 2.97. The molecule has 0 aliphatic rings. The lowest BCUT2D eigenvalue weighted by molar-refractivity contribution is 0.170. The molecule has 0 fully saturated rings. The average Bonchev–Trinajstić information content (AvgIpc) is 2.26. The second kappa shape index (κ2) is 7.25. The fraction of sp³-hybridized carbons (Fsp3) is 0.538. The second-order valence-electron chi connectivity index (χ2n) is 4.14. The fourth-order valence-corrected chi connectivity index (χ4v) is 1.55. The van der Waals surface area contributed by atoms with Gasteiger partial charge in [0.05, 0.1) is 6.61 Å². The van der Waals surface area contributed by atoms with Crippen LogP contribution in [0, 0.1) is 5.82 Å². The Hall–Kier alpha value is -1.13. The summed E-state index contributed by atoms with van der Waals surface area (Å²) in [7, 11) is 1.63. The highest BCUT2D eigenvalue weighted by molar-refractivity contribution is 5.29. The predicted octanol–water partition coefficient (Wildman–Crippen LogP) is 2.13. The molecule has 4 heteroatoms. The summed E-state index contributed by atoms with van der Waals surface area (Å²) >= 11 is 0. The molecule has 0 aliphatic heterocycles. The van der Waals surface area contributed by atoms with Crippen molar-refractivity contribution < 1.29 is 13.9 Å². The molecule has 0 saturated carbocycles. The molecule has 1 aromatic carbocycles. The standard InChI is InChI=1S/C13H20FNO2/c1-10(15)8-11-4-5-13(12(14)9-11)17-7-3-6-16-2/h4-5,9-10H,3,6-8,15H2,1-2H3. The van der Waals surface area contributed by atoms with Crippen molar-refractivity contribution in [1.82, 2.24) is 0 Å². The van der Waals surface area contributed by atoms with Crippen molar-refractivity contribution >= 4 is 0 Å². The molecule has 0 saturated heterocycles. The predicted molar refractivity (Wildman–Crippen MR) is 65.7 cm³/mol. The van der Waals surface area contributed by atoms with Crippen molar-refractivity contribution in [2.75, 3.05) is 20.3 Å². The Morgan fingerprint density at radius 3 is 2.71 bits per heavy atom. The quantitative estimate of drug-likeness (QED) is 0.744. The number of nitrogens with two attached hydrogens (primary N) is 1. The highest BCUT2D eigenvalue weighted by atomic mass is 19.1. The maximum absolute atomic E-state index is 13.6. The minimum absolute atomic E-state index is 0.0304. The van der Waals surface area contributed by atoms with E-state index < -0.39 is 0 Å². The van der Waals surface area contributed by atoms with Gasteiger partial charge in [-0.3, -0.25) is 0 Å². The van der Waals surface area contributed by atoms with Crippen LogP contribution >= 0.6 is 0 Å². The maximum atomic E-state index is 13.6. The van der Waals surface area contributed by atoms with Crippen molar-refractivity contribution in [3.05, 3.63) is 29.6 Å². The van der Waals surface area contributed by atoms with Crippen molar-refractivity contribution in [2.24, 2.45) is 5.73 Å². The Bertz CT molecular complexity index is 342. The van der Waals surface area contributed by atoms with Gasteiger partial charge in [-0.1, -0.05) is 6.07 Å². The van der Waals surface area contributed by atoms with Gasteiger partial charge >= 0.3 is 0 Å². The Balaban J connectivity index is 2.51. The fourth-order valence-electron chi connectivity index (χ4n) is 1.55. The van der Waals surface area contributed by atoms with E-state index in [2.05, 4.69) is 0 Å². The Morgan fingerprint density at radius 1 is 1.35 bits per heavy atom. The van der Waals surface area contributed by atoms with Crippen LogP contribution in [0.15, 0.2) is 18.2 Å². The smallest absolute Gasteiger partial charge is 0.165 e. The third kappa shape index (κ3) is 5.15. The Labute approximate surface area is 102 Å². The average molecular weight is 241 g/mol. The SMILES string of the molecule is COCCCOc1ccc(CC(C)N)cc1F. The molecule has 1 atom stereocenters. The summed E-state index contributed by atoms with van der Waals surface area (Å²) in [5.74, 6) is -0.0462. The molecule has 96 valence electrons. The van der Waals surface area contributed by atoms with Crippen LogP contribution in [0.2, 0.25) is 0 Å². The van der Waals surface area contributed by atoms with Crippen molar-refractivity contribution in [3.63, 3.8) is 0 Å². The van der Waals surface area contributed by atoms with Crippen LogP contribution < -0.4 is 10.5 Å². The summed E-state index contributed by atoms with van der Waals surface area (Å²) in [5, 5.41) is 0. The molecule has 0 spiro atoms. The van der Waals surface area contributed by atoms with Gasteiger partial charge in [-0.25, -0.2) is 4.39 Å². The van der Waals surface area contributed by atoms with Crippen LogP contribution in [0.3, 0.4) is 0 Å². The van der Waals surface area contributed by atoms with E-state index in [-0.39, 0.29) is 17.6 Å². The first-order valence-corrected chi connectivity index (χ1v) is 5.79. The van der Waals surface area contributed by atoms with Gasteiger partial charge in [-0.15, -0.1) is 0 Å². The molecule has 2 N–H and O–H groups in total. The van der Waals surface area contributed by atoms with Gasteiger partial charge in [0, 0.05) is 26.2 Å². The number of hydrogen-bond acceptors (Lipinski definition) is 3. The van der Waals surface area contributed by atoms with Crippen LogP contribution in [0.25, 0.3) is 0 Å². The van der Waals surface area contributed by atoms with Gasteiger partial charge in [0.15, 0.2) is 11.6 Å². The number of benzene rings is 1. The molecular weight excluding hydrogens is 221 g/mol. The van der Waals surface area contributed by atoms with Crippen molar-refractivity contribution in [3.8, 4) is 5.75 Å². The van der Waals surface area contributed by atoms with Gasteiger partial charge in [-0.05, 0) is 31.0 Å². The molecule has 3 nitrogen and oxygen atoms in total. The molecule has 0 amide bonds. The molecule has 1 aromatic rings. The van der Waals surface area contributed by atoms with E-state index in [0.29, 0.717) is 19.6 Å². The summed E-state index contributed by atoms with van der Waals surface area (Å²) in [6.07, 6.45) is 1.42. The zero-order valence-corrected chi connectivity index (χ0v) is 10.4. The lowest BCUT2D eigenvalue weighted by atomic mass is 10.1. The monoisotopic (exact) mass is 241 g/mol. The molecule has 1 unspecified atom stereocenters. The zero-order valence-electron chi connectivity index (χ0n) is 10.4. The van der Waals surface area contributed by atoms with Crippen LogP contribution in [-0.2, 0) is 11.2 Å². The topological polar surface area (TPSA) is 44.5 Å². The Kier molecular flexibility index (Phi) is 5.94. The summed E-state index contributed by atoms with van der Waals surface area (Å²) in [4.78, 5) is 0. The number of hydrogen-bond donors (Lipinski definition) is 1. The largest absolute Gasteiger partial charge is 0.490 e. The van der Waals surface area contributed by atoms with Gasteiger partial charge in [-0.2, -0.15) is 0 Å². The summed E-state index contributed by atoms with van der Waals surface area (Å²) in [5.41, 5.74) is 6.55. The lowest BCUT2D eigenvalue weighted by Crippen LogP contribution is -2.17. The molecule has 0 bridgehead atoms. The first-order valence-electron chi connectivity index (χ1n) is 5.79. The minimum Gasteiger partial charge on any atom is -0.490 e. The van der Waals surface area contributed by atoms with Crippen molar-refractivity contribution in [2.45, 2.75) is 25.8 Å². The van der Waals surface area contributed by atoms with Gasteiger partial charge in [0.2, 0.25) is 0 Å². The number of methoxy groups -OCH3 is 1. The first-order chi connectivity index (χ1) is 8.13. The maximum Gasteiger partial charge on any atom is 0.165 e. The third-order valence-electron chi connectivity index (χ3n) is 2.30. The van der Waals surface area contributed by atoms with Crippen LogP contribution in [0.1, 0.15) is 18.9 Å². The molecule has 0 heterocycles. The van der Waals surface area contributed by atoms with E-state index in [9.17, 15) is 4.39 Å². The van der Waals surface area contributed by atoms with E-state index in [1.807, 2.05) is 13.0 Å². The normalized spacial score (nSPS) is 12.5. The zero-order chi connectivity index (χ0) is 12.7. The van der Waals surface area contributed by atoms with Gasteiger partial charge in [0.25, 0.3) is 0 Å². The summed E-state index contributed by atoms with van der Waals surface area (Å²) in [6, 6.07) is 5.01. The van der Waals surface area contributed by atoms with E-state index in [1.54, 1.807) is 13.2 Å². The molecule has 0 aromatic heterocycles. The third-order valence-corrected chi connectivity index (χ3v) is 2.30. The highest BCUT2D eigenvalue weighted by Gasteiger charge is 2.06. The van der Waals surface area contributed by atoms with Crippen LogP contribution in [0.5, 0.6) is 5.75 Å². The van der Waals surface area contributed by atoms with E-state index in [1.165, 1.54) is 6.07 Å². The second-order valence-corrected chi connectivity index (χ2v) is 4.14. The number of rotatable bonds is 7. The Morgan fingerprint density at radius 2 is 2.12 bits per heavy atom. The van der Waals surface area contributed by atoms with Crippen molar-refractivity contribution in [1.29, 1.82) is 0 Å². The minimum atomic E-state index is -0.333. The van der Waals surface area contributed by atoms with Gasteiger partial charge < -0.3 is 15.2 Å². The summed E-state index contributed by atoms with van der Waals surface area (Å²) < 4.78 is 23.8. The van der Waals surface area contributed by atoms with E-state index in [0.717, 1.165) is 12.0 Å². The number of ether oxygens (including phenoxy) is 2. The van der Waals surface area contributed by atoms with E-state index in [4.69, 9.17) is 15.2 Å². The molecule has 17 heavy (non-hydrogen) atoms. The van der Waals surface area contributed by atoms with Gasteiger partial charge in [0.1, 0.15) is 0 Å². The molecule has 0 radical (unpaired) electrons. The van der Waals surface area contributed by atoms with Crippen LogP contribution in [0.4, 0.5) is 4.39 Å². The highest BCUT2D eigenvalue weighted by Crippen LogP contribution is 2.19. The van der Waals surface area contributed by atoms with Crippen LogP contribution in [-0.4, -0.2) is 26.4 Å². The lowest BCUT2D eigenvalue weighted by Gasteiger charge is -2.09. The molecular formula is C13H20FNO2. The first kappa shape index (κ1) is 13.9. The van der Waals surface area contributed by atoms with E-state index >= 15 is 0 Å². The molecule has 0 aliphatic carbocycles. The number of halogens is 1. The molecule has 1 rings (SSSR count).